The monoisotopic (exact) mass is 1150 g/mol. The summed E-state index contributed by atoms with van der Waals surface area (Å²) in [7, 11) is 1.80. The van der Waals surface area contributed by atoms with Crippen molar-refractivity contribution in [3.05, 3.63) is 0 Å². The van der Waals surface area contributed by atoms with Gasteiger partial charge in [0.05, 0.1) is 12.7 Å². The molecule has 0 aromatic carbocycles. The molecule has 0 radical (unpaired) electrons. The quantitative estimate of drug-likeness (QED) is 0.0398. The minimum atomic E-state index is -1.67. The summed E-state index contributed by atoms with van der Waals surface area (Å²) in [4.78, 5) is 140. The third-order valence-corrected chi connectivity index (χ3v) is 15.3. The number of hydrogen-bond acceptors (Lipinski definition) is 13. The SMILES string of the molecule is CCCCCCCCC(C)C(=O)N1CCC[C@H]1C(=O)NC(CC(C)CC(O)CC(=O)CC)C(=O)N[C@@H](C)C(=O)NC(C)(C)C(=O)N[C@H](C(=O)N[C@H](C(=O)NC(C)(C)C(=O)NC(C)(C)C(=O)NC(C)CN(C)CCO)C(C)C)[C@@H](C)CC. The summed E-state index contributed by atoms with van der Waals surface area (Å²) in [5.41, 5.74) is -4.64. The lowest BCUT2D eigenvalue weighted by molar-refractivity contribution is -0.142. The number of nitrogens with one attached hydrogen (secondary N) is 8. The second-order valence-corrected chi connectivity index (χ2v) is 25.0. The zero-order valence-electron chi connectivity index (χ0n) is 52.5. The zero-order valence-corrected chi connectivity index (χ0v) is 52.5. The Hall–Kier alpha value is -5.22. The van der Waals surface area contributed by atoms with Crippen LogP contribution in [0, 0.1) is 23.7 Å². The average molecular weight is 1150 g/mol. The van der Waals surface area contributed by atoms with Crippen LogP contribution < -0.4 is 42.5 Å². The number of Topliss-reactive ketones (excluding diaryl/α,β-unsaturated/α-hetero) is 1. The van der Waals surface area contributed by atoms with Crippen LogP contribution in [0.2, 0.25) is 0 Å². The highest BCUT2D eigenvalue weighted by Gasteiger charge is 2.42. The first-order chi connectivity index (χ1) is 37.6. The number of carbonyl (C=O) groups is 10. The summed E-state index contributed by atoms with van der Waals surface area (Å²) in [5, 5.41) is 41.9. The summed E-state index contributed by atoms with van der Waals surface area (Å²) < 4.78 is 0. The number of likely N-dealkylation sites (tertiary alicyclic amines) is 1. The van der Waals surface area contributed by atoms with Gasteiger partial charge in [0.25, 0.3) is 0 Å². The molecule has 1 fully saturated rings. The molecule has 22 nitrogen and oxygen atoms in total. The number of nitrogens with zero attached hydrogens (tertiary/aromatic N) is 2. The highest BCUT2D eigenvalue weighted by atomic mass is 16.3. The van der Waals surface area contributed by atoms with Crippen LogP contribution in [0.25, 0.3) is 0 Å². The molecule has 0 aromatic heterocycles. The number of likely N-dealkylation sites (N-methyl/N-ethyl adjacent to an activating group) is 1. The van der Waals surface area contributed by atoms with Crippen molar-refractivity contribution in [2.45, 2.75) is 260 Å². The number of rotatable bonds is 38. The molecule has 1 aliphatic heterocycles. The molecule has 22 heteroatoms. The first kappa shape index (κ1) is 73.8. The van der Waals surface area contributed by atoms with Gasteiger partial charge in [0.15, 0.2) is 0 Å². The van der Waals surface area contributed by atoms with Gasteiger partial charge in [-0.2, -0.15) is 0 Å². The Kier molecular flexibility index (Phi) is 31.9. The maximum atomic E-state index is 14.2. The first-order valence-corrected chi connectivity index (χ1v) is 29.9. The lowest BCUT2D eigenvalue weighted by atomic mass is 9.92. The van der Waals surface area contributed by atoms with E-state index >= 15 is 0 Å². The van der Waals surface area contributed by atoms with Crippen LogP contribution in [0.15, 0.2) is 0 Å². The minimum absolute atomic E-state index is 0.0301. The molecule has 5 unspecified atom stereocenters. The van der Waals surface area contributed by atoms with E-state index in [-0.39, 0.29) is 61.9 Å². The number of aliphatic hydroxyl groups excluding tert-OH is 2. The largest absolute Gasteiger partial charge is 0.395 e. The van der Waals surface area contributed by atoms with Gasteiger partial charge in [-0.05, 0) is 112 Å². The standard InChI is InChI=1S/C59H108N10O12/c1-18-21-22-23-24-25-27-39(8)53(78)69-29-26-28-45(69)50(75)62-44(33-37(6)32-43(72)34-42(71)20-3)49(74)61-41(10)48(73)65-57(11,12)55(80)64-47(38(7)19-2)51(76)63-46(36(4)5)52(77)66-59(15,16)56(81)67-58(13,14)54(79)60-40(9)35-68(17)30-31-70/h36-41,43-47,70,72H,18-35H2,1-17H3,(H,60,79)(H,61,74)(H,62,75)(H,63,76)(H,64,80)(H,65,73)(H,66,77)(H,67,81)/t37?,38-,39?,40?,41-,43?,44?,45-,46-,47-/m0/s1. The van der Waals surface area contributed by atoms with Crippen molar-refractivity contribution in [2.24, 2.45) is 23.7 Å². The van der Waals surface area contributed by atoms with E-state index in [9.17, 15) is 58.2 Å². The number of ketones is 1. The molecular formula is C59H108N10O12. The van der Waals surface area contributed by atoms with Crippen molar-refractivity contribution in [2.75, 3.05) is 33.3 Å². The van der Waals surface area contributed by atoms with E-state index in [0.29, 0.717) is 45.3 Å². The van der Waals surface area contributed by atoms with Crippen LogP contribution in [-0.4, -0.2) is 171 Å². The number of amides is 9. The van der Waals surface area contributed by atoms with Crippen LogP contribution >= 0.6 is 0 Å². The molecule has 0 bridgehead atoms. The van der Waals surface area contributed by atoms with Gasteiger partial charge >= 0.3 is 0 Å². The lowest BCUT2D eigenvalue weighted by Gasteiger charge is -2.35. The van der Waals surface area contributed by atoms with Gasteiger partial charge in [-0.15, -0.1) is 0 Å². The van der Waals surface area contributed by atoms with Gasteiger partial charge < -0.3 is 62.5 Å². The molecule has 466 valence electrons. The molecule has 9 amide bonds. The highest BCUT2D eigenvalue weighted by molar-refractivity contribution is 6.00. The molecule has 0 aromatic rings. The van der Waals surface area contributed by atoms with Crippen LogP contribution in [0.5, 0.6) is 0 Å². The Morgan fingerprint density at radius 2 is 1.21 bits per heavy atom. The van der Waals surface area contributed by atoms with Crippen molar-refractivity contribution >= 4 is 58.9 Å². The number of hydrogen-bond donors (Lipinski definition) is 10. The molecule has 1 rings (SSSR count). The smallest absolute Gasteiger partial charge is 0.246 e. The van der Waals surface area contributed by atoms with E-state index < -0.39 is 112 Å². The molecule has 1 heterocycles. The summed E-state index contributed by atoms with van der Waals surface area (Å²) in [6.07, 6.45) is 8.06. The molecular weight excluding hydrogens is 1040 g/mol. The van der Waals surface area contributed by atoms with Gasteiger partial charge in [-0.3, -0.25) is 47.9 Å². The molecule has 1 aliphatic rings. The Bertz CT molecular complexity index is 2080. The van der Waals surface area contributed by atoms with Gasteiger partial charge in [-0.25, -0.2) is 0 Å². The minimum Gasteiger partial charge on any atom is -0.395 e. The van der Waals surface area contributed by atoms with E-state index in [4.69, 9.17) is 0 Å². The molecule has 0 spiro atoms. The van der Waals surface area contributed by atoms with Crippen LogP contribution in [-0.2, 0) is 47.9 Å². The molecule has 0 aliphatic carbocycles. The lowest BCUT2D eigenvalue weighted by Crippen LogP contribution is -2.66. The average Bonchev–Trinajstić information content (AvgIpc) is 3.97. The molecule has 0 saturated carbocycles. The number of aliphatic hydroxyl groups is 2. The number of carbonyl (C=O) groups excluding carboxylic acids is 10. The Morgan fingerprint density at radius 1 is 0.642 bits per heavy atom. The first-order valence-electron chi connectivity index (χ1n) is 29.9. The molecule has 10 atom stereocenters. The van der Waals surface area contributed by atoms with Gasteiger partial charge in [0, 0.05) is 44.4 Å². The van der Waals surface area contributed by atoms with Crippen LogP contribution in [0.1, 0.15) is 201 Å². The van der Waals surface area contributed by atoms with Crippen molar-refractivity contribution in [1.82, 2.24) is 52.3 Å². The fourth-order valence-corrected chi connectivity index (χ4v) is 9.67. The molecule has 1 saturated heterocycles. The highest BCUT2D eigenvalue weighted by Crippen LogP contribution is 2.24. The van der Waals surface area contributed by atoms with E-state index in [1.165, 1.54) is 54.9 Å². The summed E-state index contributed by atoms with van der Waals surface area (Å²) >= 11 is 0. The van der Waals surface area contributed by atoms with Crippen LogP contribution in [0.3, 0.4) is 0 Å². The van der Waals surface area contributed by atoms with E-state index in [0.717, 1.165) is 32.1 Å². The Balaban J connectivity index is 3.23. The van der Waals surface area contributed by atoms with E-state index in [1.54, 1.807) is 53.5 Å². The van der Waals surface area contributed by atoms with Crippen LogP contribution in [0.4, 0.5) is 0 Å². The predicted octanol–water partition coefficient (Wildman–Crippen LogP) is 3.28. The fraction of sp³-hybridized carbons (Fsp3) is 0.831. The van der Waals surface area contributed by atoms with Crippen molar-refractivity contribution < 1.29 is 58.2 Å². The summed E-state index contributed by atoms with van der Waals surface area (Å²) in [6.45, 7) is 27.7. The van der Waals surface area contributed by atoms with Gasteiger partial charge in [0.2, 0.25) is 53.2 Å². The summed E-state index contributed by atoms with van der Waals surface area (Å²) in [5.74, 6) is -7.18. The third-order valence-electron chi connectivity index (χ3n) is 15.3. The van der Waals surface area contributed by atoms with Gasteiger partial charge in [0.1, 0.15) is 52.6 Å². The van der Waals surface area contributed by atoms with Gasteiger partial charge in [-0.1, -0.05) is 100 Å². The van der Waals surface area contributed by atoms with Crippen molar-refractivity contribution in [3.8, 4) is 0 Å². The molecule has 81 heavy (non-hydrogen) atoms. The predicted molar refractivity (Wildman–Crippen MR) is 313 cm³/mol. The Morgan fingerprint density at radius 3 is 1.79 bits per heavy atom. The second-order valence-electron chi connectivity index (χ2n) is 25.0. The second kappa shape index (κ2) is 35.0. The van der Waals surface area contributed by atoms with Crippen molar-refractivity contribution in [1.29, 1.82) is 0 Å². The van der Waals surface area contributed by atoms with E-state index in [2.05, 4.69) is 49.5 Å². The topological polar surface area (TPSA) is 314 Å². The number of unbranched alkanes of at least 4 members (excludes halogenated alkanes) is 5. The normalized spacial score (nSPS) is 17.3. The fourth-order valence-electron chi connectivity index (χ4n) is 9.67. The maximum absolute atomic E-state index is 14.2. The summed E-state index contributed by atoms with van der Waals surface area (Å²) in [6, 6.07) is -5.98. The van der Waals surface area contributed by atoms with Crippen molar-refractivity contribution in [3.63, 3.8) is 0 Å². The maximum Gasteiger partial charge on any atom is 0.246 e. The Labute approximate surface area is 484 Å². The van der Waals surface area contributed by atoms with E-state index in [1.807, 2.05) is 18.7 Å². The zero-order chi connectivity index (χ0) is 62.2. The third kappa shape index (κ3) is 25.4. The molecule has 10 N–H and O–H groups in total.